The van der Waals surface area contributed by atoms with E-state index in [0.717, 1.165) is 6.20 Å². The Balaban J connectivity index is 2.64. The number of nitrogens with one attached hydrogen (secondary N) is 1. The first-order chi connectivity index (χ1) is 6.04. The molecule has 1 heterocycles. The Kier molecular flexibility index (Phi) is 2.92. The zero-order valence-corrected chi connectivity index (χ0v) is 6.98. The Morgan fingerprint density at radius 3 is 2.69 bits per heavy atom. The first kappa shape index (κ1) is 10.0. The standard InChI is InChI=1S/C7H9F3N2O/c1-2-13-4-6-11-3-5(12-6)7(8,9)10/h3H,2,4H2,1H3,(H,11,12). The molecule has 0 spiro atoms. The average molecular weight is 194 g/mol. The fraction of sp³-hybridized carbons (Fsp3) is 0.571. The van der Waals surface area contributed by atoms with Crippen molar-refractivity contribution in [1.29, 1.82) is 0 Å². The summed E-state index contributed by atoms with van der Waals surface area (Å²) in [5.74, 6) is 0.189. The summed E-state index contributed by atoms with van der Waals surface area (Å²) >= 11 is 0. The van der Waals surface area contributed by atoms with E-state index in [1.54, 1.807) is 6.92 Å². The van der Waals surface area contributed by atoms with Gasteiger partial charge in [-0.15, -0.1) is 0 Å². The van der Waals surface area contributed by atoms with Crippen LogP contribution in [0.2, 0.25) is 0 Å². The fourth-order valence-corrected chi connectivity index (χ4v) is 0.779. The predicted molar refractivity (Wildman–Crippen MR) is 38.9 cm³/mol. The van der Waals surface area contributed by atoms with Gasteiger partial charge in [-0.2, -0.15) is 13.2 Å². The quantitative estimate of drug-likeness (QED) is 0.798. The lowest BCUT2D eigenvalue weighted by molar-refractivity contribution is -0.141. The second-order valence-corrected chi connectivity index (χ2v) is 2.38. The van der Waals surface area contributed by atoms with Gasteiger partial charge < -0.3 is 9.72 Å². The highest BCUT2D eigenvalue weighted by molar-refractivity contribution is 5.04. The van der Waals surface area contributed by atoms with E-state index in [-0.39, 0.29) is 12.4 Å². The number of H-pyrrole nitrogens is 1. The van der Waals surface area contributed by atoms with Crippen molar-refractivity contribution in [2.45, 2.75) is 19.7 Å². The molecule has 1 aromatic heterocycles. The summed E-state index contributed by atoms with van der Waals surface area (Å²) in [5.41, 5.74) is -0.845. The lowest BCUT2D eigenvalue weighted by atomic mass is 10.5. The largest absolute Gasteiger partial charge is 0.432 e. The van der Waals surface area contributed by atoms with Gasteiger partial charge in [0.25, 0.3) is 0 Å². The van der Waals surface area contributed by atoms with Gasteiger partial charge in [-0.3, -0.25) is 0 Å². The summed E-state index contributed by atoms with van der Waals surface area (Å²) in [6, 6.07) is 0. The van der Waals surface area contributed by atoms with Gasteiger partial charge in [0.2, 0.25) is 0 Å². The molecule has 0 atom stereocenters. The van der Waals surface area contributed by atoms with Crippen LogP contribution in [0.1, 0.15) is 18.4 Å². The molecule has 0 bridgehead atoms. The number of rotatable bonds is 3. The smallest absolute Gasteiger partial charge is 0.374 e. The molecule has 0 aliphatic carbocycles. The van der Waals surface area contributed by atoms with E-state index in [1.165, 1.54) is 0 Å². The Morgan fingerprint density at radius 1 is 1.54 bits per heavy atom. The van der Waals surface area contributed by atoms with E-state index >= 15 is 0 Å². The molecule has 0 fully saturated rings. The van der Waals surface area contributed by atoms with Gasteiger partial charge >= 0.3 is 6.18 Å². The molecule has 0 aromatic carbocycles. The zero-order chi connectivity index (χ0) is 9.90. The molecule has 13 heavy (non-hydrogen) atoms. The number of aromatic nitrogens is 2. The monoisotopic (exact) mass is 194 g/mol. The summed E-state index contributed by atoms with van der Waals surface area (Å²) in [7, 11) is 0. The Labute approximate surface area is 72.9 Å². The van der Waals surface area contributed by atoms with Gasteiger partial charge in [0, 0.05) is 6.61 Å². The number of alkyl halides is 3. The van der Waals surface area contributed by atoms with Crippen molar-refractivity contribution >= 4 is 0 Å². The lowest BCUT2D eigenvalue weighted by Gasteiger charge is -2.01. The van der Waals surface area contributed by atoms with Crippen molar-refractivity contribution in [3.05, 3.63) is 17.7 Å². The van der Waals surface area contributed by atoms with Crippen molar-refractivity contribution in [2.24, 2.45) is 0 Å². The third-order valence-electron chi connectivity index (χ3n) is 1.38. The Hall–Kier alpha value is -1.04. The summed E-state index contributed by atoms with van der Waals surface area (Å²) in [6.45, 7) is 2.28. The van der Waals surface area contributed by atoms with E-state index in [0.29, 0.717) is 6.61 Å². The average Bonchev–Trinajstić information content (AvgIpc) is 2.47. The number of hydrogen-bond acceptors (Lipinski definition) is 2. The van der Waals surface area contributed by atoms with Crippen molar-refractivity contribution < 1.29 is 17.9 Å². The molecule has 1 aromatic rings. The van der Waals surface area contributed by atoms with Crippen molar-refractivity contribution in [3.63, 3.8) is 0 Å². The Bertz CT molecular complexity index is 269. The van der Waals surface area contributed by atoms with Crippen LogP contribution in [-0.2, 0) is 17.5 Å². The number of ether oxygens (including phenoxy) is 1. The number of halogens is 3. The summed E-state index contributed by atoms with van der Waals surface area (Å²) in [4.78, 5) is 5.65. The molecular weight excluding hydrogens is 185 g/mol. The second kappa shape index (κ2) is 3.78. The first-order valence-corrected chi connectivity index (χ1v) is 3.73. The van der Waals surface area contributed by atoms with E-state index in [9.17, 15) is 13.2 Å². The van der Waals surface area contributed by atoms with Crippen LogP contribution in [-0.4, -0.2) is 16.6 Å². The van der Waals surface area contributed by atoms with Gasteiger partial charge in [-0.05, 0) is 6.92 Å². The lowest BCUT2D eigenvalue weighted by Crippen LogP contribution is -2.05. The number of aromatic amines is 1. The minimum absolute atomic E-state index is 0.0760. The summed E-state index contributed by atoms with van der Waals surface area (Å²) < 4.78 is 40.9. The van der Waals surface area contributed by atoms with Gasteiger partial charge in [0.1, 0.15) is 18.1 Å². The normalized spacial score (nSPS) is 12.0. The third-order valence-corrected chi connectivity index (χ3v) is 1.38. The highest BCUT2D eigenvalue weighted by atomic mass is 19.4. The van der Waals surface area contributed by atoms with Crippen LogP contribution in [0.15, 0.2) is 6.20 Å². The van der Waals surface area contributed by atoms with Crippen molar-refractivity contribution in [3.8, 4) is 0 Å². The molecule has 0 aliphatic heterocycles. The van der Waals surface area contributed by atoms with Gasteiger partial charge in [0.15, 0.2) is 0 Å². The highest BCUT2D eigenvalue weighted by Gasteiger charge is 2.32. The molecule has 0 amide bonds. The molecule has 1 rings (SSSR count). The van der Waals surface area contributed by atoms with Gasteiger partial charge in [-0.25, -0.2) is 4.98 Å². The maximum atomic E-state index is 12.0. The first-order valence-electron chi connectivity index (χ1n) is 3.73. The number of nitrogens with zero attached hydrogens (tertiary/aromatic N) is 1. The maximum Gasteiger partial charge on any atom is 0.432 e. The summed E-state index contributed by atoms with van der Waals surface area (Å²) in [5, 5.41) is 0. The highest BCUT2D eigenvalue weighted by Crippen LogP contribution is 2.27. The Morgan fingerprint density at radius 2 is 2.23 bits per heavy atom. The molecule has 1 N–H and O–H groups in total. The molecule has 0 saturated heterocycles. The van der Waals surface area contributed by atoms with Gasteiger partial charge in [-0.1, -0.05) is 0 Å². The van der Waals surface area contributed by atoms with Crippen LogP contribution >= 0.6 is 0 Å². The topological polar surface area (TPSA) is 37.9 Å². The molecule has 0 saturated carbocycles. The fourth-order valence-electron chi connectivity index (χ4n) is 0.779. The van der Waals surface area contributed by atoms with Crippen LogP contribution < -0.4 is 0 Å². The number of imidazole rings is 1. The molecular formula is C7H9F3N2O. The van der Waals surface area contributed by atoms with Crippen molar-refractivity contribution in [2.75, 3.05) is 6.61 Å². The van der Waals surface area contributed by atoms with E-state index in [4.69, 9.17) is 4.74 Å². The number of hydrogen-bond donors (Lipinski definition) is 1. The molecule has 74 valence electrons. The van der Waals surface area contributed by atoms with Crippen LogP contribution in [0.5, 0.6) is 0 Å². The molecule has 0 aliphatic rings. The van der Waals surface area contributed by atoms with Crippen LogP contribution in [0.3, 0.4) is 0 Å². The van der Waals surface area contributed by atoms with Crippen LogP contribution in [0, 0.1) is 0 Å². The van der Waals surface area contributed by atoms with Crippen LogP contribution in [0.25, 0.3) is 0 Å². The zero-order valence-electron chi connectivity index (χ0n) is 6.98. The molecule has 3 nitrogen and oxygen atoms in total. The summed E-state index contributed by atoms with van der Waals surface area (Å²) in [6.07, 6.45) is -3.61. The molecule has 0 unspecified atom stereocenters. The third kappa shape index (κ3) is 2.73. The van der Waals surface area contributed by atoms with E-state index in [2.05, 4.69) is 9.97 Å². The SMILES string of the molecule is CCOCc1ncc(C(F)(F)F)[nH]1. The van der Waals surface area contributed by atoms with E-state index < -0.39 is 11.9 Å². The molecule has 6 heteroatoms. The van der Waals surface area contributed by atoms with E-state index in [1.807, 2.05) is 0 Å². The minimum Gasteiger partial charge on any atom is -0.374 e. The maximum absolute atomic E-state index is 12.0. The minimum atomic E-state index is -4.36. The van der Waals surface area contributed by atoms with Crippen molar-refractivity contribution in [1.82, 2.24) is 9.97 Å². The second-order valence-electron chi connectivity index (χ2n) is 2.38. The van der Waals surface area contributed by atoms with Gasteiger partial charge in [0.05, 0.1) is 6.20 Å². The molecule has 0 radical (unpaired) electrons. The predicted octanol–water partition coefficient (Wildman–Crippen LogP) is 1.96. The van der Waals surface area contributed by atoms with Crippen LogP contribution in [0.4, 0.5) is 13.2 Å².